The van der Waals surface area contributed by atoms with Crippen LogP contribution in [0.2, 0.25) is 0 Å². The molecule has 4 aromatic rings. The number of sulfonamides is 1. The number of aromatic nitrogens is 1. The first-order chi connectivity index (χ1) is 15.9. The molecule has 1 aromatic heterocycles. The highest BCUT2D eigenvalue weighted by Crippen LogP contribution is 2.30. The molecule has 0 atom stereocenters. The van der Waals surface area contributed by atoms with Gasteiger partial charge in [0.2, 0.25) is 0 Å². The minimum absolute atomic E-state index is 0.157. The molecular weight excluding hydrogens is 438 g/mol. The monoisotopic (exact) mass is 463 g/mol. The first-order valence-electron chi connectivity index (χ1n) is 10.7. The third kappa shape index (κ3) is 4.85. The molecule has 0 spiro atoms. The van der Waals surface area contributed by atoms with E-state index in [0.29, 0.717) is 29.9 Å². The maximum atomic E-state index is 12.9. The smallest absolute Gasteiger partial charge is 0.408 e. The molecule has 1 amide bonds. The van der Waals surface area contributed by atoms with Crippen molar-refractivity contribution in [2.24, 2.45) is 0 Å². The average Bonchev–Trinajstić information content (AvgIpc) is 3.22. The van der Waals surface area contributed by atoms with Gasteiger partial charge in [0.1, 0.15) is 0 Å². The summed E-state index contributed by atoms with van der Waals surface area (Å²) in [6.07, 6.45) is 1.14. The van der Waals surface area contributed by atoms with E-state index < -0.39 is 16.1 Å². The molecule has 0 radical (unpaired) electrons. The van der Waals surface area contributed by atoms with Crippen LogP contribution in [0.15, 0.2) is 83.9 Å². The van der Waals surface area contributed by atoms with Crippen LogP contribution < -0.4 is 9.46 Å². The fraction of sp³-hybridized carbons (Fsp3) is 0.160. The first kappa shape index (κ1) is 22.4. The van der Waals surface area contributed by atoms with Crippen molar-refractivity contribution in [3.8, 4) is 16.9 Å². The van der Waals surface area contributed by atoms with E-state index in [1.54, 1.807) is 53.6 Å². The summed E-state index contributed by atoms with van der Waals surface area (Å²) in [7, 11) is -3.80. The summed E-state index contributed by atoms with van der Waals surface area (Å²) in [5, 5.41) is 0.607. The van der Waals surface area contributed by atoms with Gasteiger partial charge in [0.25, 0.3) is 10.0 Å². The molecule has 3 aromatic carbocycles. The van der Waals surface area contributed by atoms with Crippen LogP contribution in [0.5, 0.6) is 5.75 Å². The molecule has 0 aliphatic carbocycles. The minimum atomic E-state index is -3.80. The number of hydrogen-bond acceptors (Lipinski definition) is 4. The van der Waals surface area contributed by atoms with E-state index in [1.165, 1.54) is 0 Å². The third-order valence-electron chi connectivity index (χ3n) is 5.39. The van der Waals surface area contributed by atoms with Gasteiger partial charge in [-0.05, 0) is 55.3 Å². The van der Waals surface area contributed by atoms with E-state index in [9.17, 15) is 13.2 Å². The number of carbonyl (C=O) groups excluding carboxylic acids is 1. The van der Waals surface area contributed by atoms with Crippen molar-refractivity contribution >= 4 is 32.7 Å². The predicted molar refractivity (Wildman–Crippen MR) is 130 cm³/mol. The lowest BCUT2D eigenvalue weighted by molar-refractivity contribution is 0.158. The quantitative estimate of drug-likeness (QED) is 0.380. The van der Waals surface area contributed by atoms with Gasteiger partial charge in [-0.15, -0.1) is 0 Å². The Morgan fingerprint density at radius 3 is 2.27 bits per heavy atom. The Kier molecular flexibility index (Phi) is 6.37. The molecule has 0 saturated heterocycles. The van der Waals surface area contributed by atoms with Crippen LogP contribution in [0.4, 0.5) is 10.5 Å². The molecule has 0 bridgehead atoms. The fourth-order valence-electron chi connectivity index (χ4n) is 3.55. The molecule has 0 aliphatic rings. The number of nitrogens with zero attached hydrogens (tertiary/aromatic N) is 1. The van der Waals surface area contributed by atoms with E-state index in [2.05, 4.69) is 9.71 Å². The van der Waals surface area contributed by atoms with E-state index in [-0.39, 0.29) is 4.90 Å². The molecule has 7 nitrogen and oxygen atoms in total. The molecule has 170 valence electrons. The van der Waals surface area contributed by atoms with Crippen molar-refractivity contribution in [2.45, 2.75) is 18.7 Å². The zero-order chi connectivity index (χ0) is 23.4. The molecule has 0 aliphatic heterocycles. The van der Waals surface area contributed by atoms with E-state index in [1.807, 2.05) is 44.2 Å². The maximum absolute atomic E-state index is 12.9. The van der Waals surface area contributed by atoms with Crippen molar-refractivity contribution in [2.75, 3.05) is 17.8 Å². The average molecular weight is 464 g/mol. The van der Waals surface area contributed by atoms with Crippen LogP contribution in [0, 0.1) is 0 Å². The minimum Gasteiger partial charge on any atom is -0.408 e. The Balaban J connectivity index is 1.56. The first-order valence-corrected chi connectivity index (χ1v) is 12.2. The van der Waals surface area contributed by atoms with Gasteiger partial charge in [-0.1, -0.05) is 42.5 Å². The topological polar surface area (TPSA) is 91.5 Å². The third-order valence-corrected chi connectivity index (χ3v) is 6.78. The second kappa shape index (κ2) is 9.38. The number of rotatable bonds is 7. The largest absolute Gasteiger partial charge is 0.415 e. The zero-order valence-electron chi connectivity index (χ0n) is 18.4. The van der Waals surface area contributed by atoms with E-state index in [0.717, 1.165) is 16.6 Å². The van der Waals surface area contributed by atoms with Gasteiger partial charge in [0.15, 0.2) is 5.75 Å². The molecule has 33 heavy (non-hydrogen) atoms. The number of carbonyl (C=O) groups is 1. The normalized spacial score (nSPS) is 11.3. The summed E-state index contributed by atoms with van der Waals surface area (Å²) >= 11 is 0. The zero-order valence-corrected chi connectivity index (χ0v) is 19.2. The number of benzene rings is 3. The summed E-state index contributed by atoms with van der Waals surface area (Å²) < 4.78 is 34.0. The number of hydrogen-bond donors (Lipinski definition) is 2. The van der Waals surface area contributed by atoms with Gasteiger partial charge in [-0.3, -0.25) is 4.72 Å². The molecule has 2 N–H and O–H groups in total. The van der Waals surface area contributed by atoms with Gasteiger partial charge in [-0.25, -0.2) is 13.2 Å². The highest BCUT2D eigenvalue weighted by atomic mass is 32.2. The fourth-order valence-corrected chi connectivity index (χ4v) is 4.60. The van der Waals surface area contributed by atoms with Gasteiger partial charge in [0, 0.05) is 35.9 Å². The number of nitrogens with one attached hydrogen (secondary N) is 2. The van der Waals surface area contributed by atoms with Gasteiger partial charge < -0.3 is 14.6 Å². The van der Waals surface area contributed by atoms with Crippen LogP contribution in [0.3, 0.4) is 0 Å². The number of ether oxygens (including phenoxy) is 1. The second-order valence-corrected chi connectivity index (χ2v) is 9.13. The summed E-state index contributed by atoms with van der Waals surface area (Å²) in [5.74, 6) is 0.343. The highest BCUT2D eigenvalue weighted by molar-refractivity contribution is 7.92. The number of H-pyrrole nitrogens is 1. The van der Waals surface area contributed by atoms with Crippen molar-refractivity contribution in [1.82, 2.24) is 9.88 Å². The number of fused-ring (bicyclic) bond motifs is 1. The SMILES string of the molecule is CCN(CC)C(=O)Oc1c[nH]c2ccc(NS(=O)(=O)c3ccc(-c4ccccc4)cc3)cc12. The van der Waals surface area contributed by atoms with Crippen molar-refractivity contribution in [3.63, 3.8) is 0 Å². The predicted octanol–water partition coefficient (Wildman–Crippen LogP) is 5.48. The summed E-state index contributed by atoms with van der Waals surface area (Å²) in [6, 6.07) is 21.5. The lowest BCUT2D eigenvalue weighted by Crippen LogP contribution is -2.32. The molecule has 4 rings (SSSR count). The van der Waals surface area contributed by atoms with Crippen LogP contribution in [0.25, 0.3) is 22.0 Å². The molecule has 0 unspecified atom stereocenters. The molecule has 0 fully saturated rings. The maximum Gasteiger partial charge on any atom is 0.415 e. The van der Waals surface area contributed by atoms with Crippen molar-refractivity contribution in [3.05, 3.63) is 79.0 Å². The summed E-state index contributed by atoms with van der Waals surface area (Å²) in [6.45, 7) is 4.82. The Morgan fingerprint density at radius 2 is 1.61 bits per heavy atom. The highest BCUT2D eigenvalue weighted by Gasteiger charge is 2.18. The van der Waals surface area contributed by atoms with Crippen molar-refractivity contribution in [1.29, 1.82) is 0 Å². The lowest BCUT2D eigenvalue weighted by atomic mass is 10.1. The second-order valence-electron chi connectivity index (χ2n) is 7.45. The molecule has 8 heteroatoms. The Morgan fingerprint density at radius 1 is 0.939 bits per heavy atom. The van der Waals surface area contributed by atoms with Crippen LogP contribution in [0.1, 0.15) is 13.8 Å². The Bertz CT molecular complexity index is 1360. The molecule has 0 saturated carbocycles. The van der Waals surface area contributed by atoms with E-state index in [4.69, 9.17) is 4.74 Å². The van der Waals surface area contributed by atoms with Gasteiger partial charge in [0.05, 0.1) is 4.90 Å². The number of amides is 1. The number of aromatic amines is 1. The number of anilines is 1. The summed E-state index contributed by atoms with van der Waals surface area (Å²) in [4.78, 5) is 17.1. The Labute approximate surface area is 193 Å². The standard InChI is InChI=1S/C25H25N3O4S/c1-3-28(4-2)25(29)32-24-17-26-23-15-12-20(16-22(23)24)27-33(30,31)21-13-10-19(11-14-21)18-8-6-5-7-9-18/h5-17,26-27H,3-4H2,1-2H3. The van der Waals surface area contributed by atoms with Crippen LogP contribution >= 0.6 is 0 Å². The van der Waals surface area contributed by atoms with E-state index >= 15 is 0 Å². The molecule has 1 heterocycles. The van der Waals surface area contributed by atoms with Crippen molar-refractivity contribution < 1.29 is 17.9 Å². The van der Waals surface area contributed by atoms with Gasteiger partial charge >= 0.3 is 6.09 Å². The lowest BCUT2D eigenvalue weighted by Gasteiger charge is -2.17. The molecular formula is C25H25N3O4S. The van der Waals surface area contributed by atoms with Gasteiger partial charge in [-0.2, -0.15) is 0 Å². The summed E-state index contributed by atoms with van der Waals surface area (Å²) in [5.41, 5.74) is 3.05. The van der Waals surface area contributed by atoms with Crippen LogP contribution in [-0.4, -0.2) is 37.5 Å². The Hall–Kier alpha value is -3.78. The van der Waals surface area contributed by atoms with Crippen LogP contribution in [-0.2, 0) is 10.0 Å².